The number of carbonyl (C=O) groups is 3. The monoisotopic (exact) mass is 475 g/mol. The average Bonchev–Trinajstić information content (AvgIpc) is 2.82. The Hall–Kier alpha value is -3.27. The molecule has 3 amide bonds. The maximum Gasteiger partial charge on any atom is 0.261 e. The first-order chi connectivity index (χ1) is 15.6. The lowest BCUT2D eigenvalue weighted by atomic mass is 10.1. The third-order valence-corrected chi connectivity index (χ3v) is 7.37. The van der Waals surface area contributed by atoms with Crippen molar-refractivity contribution in [3.8, 4) is 0 Å². The lowest BCUT2D eigenvalue weighted by molar-refractivity contribution is -0.139. The normalized spacial score (nSPS) is 15.1. The molecule has 10 heteroatoms. The van der Waals surface area contributed by atoms with Gasteiger partial charge in [0.25, 0.3) is 11.8 Å². The number of aryl methyl sites for hydroxylation is 1. The quantitative estimate of drug-likeness (QED) is 0.641. The summed E-state index contributed by atoms with van der Waals surface area (Å²) in [6, 6.07) is 10.5. The number of sulfone groups is 1. The highest BCUT2D eigenvalue weighted by atomic mass is 32.2. The van der Waals surface area contributed by atoms with Crippen LogP contribution in [0.25, 0.3) is 0 Å². The maximum atomic E-state index is 13.3. The molecule has 1 heterocycles. The summed E-state index contributed by atoms with van der Waals surface area (Å²) in [5.74, 6) is -2.20. The number of piperazine rings is 1. The van der Waals surface area contributed by atoms with E-state index in [-0.39, 0.29) is 42.5 Å². The zero-order chi connectivity index (χ0) is 24.2. The molecule has 176 valence electrons. The SMILES string of the molecule is CCC(=O)N1CCN(C(=O)C(NC(=O)c2ccc(C)cc2)S(=O)(=O)c2ccc(F)cc2)CC1. The molecule has 0 bridgehead atoms. The first-order valence-electron chi connectivity index (χ1n) is 10.6. The van der Waals surface area contributed by atoms with Crippen molar-refractivity contribution < 1.29 is 27.2 Å². The third kappa shape index (κ3) is 5.57. The molecule has 33 heavy (non-hydrogen) atoms. The van der Waals surface area contributed by atoms with Crippen molar-refractivity contribution in [3.63, 3.8) is 0 Å². The van der Waals surface area contributed by atoms with Crippen molar-refractivity contribution in [1.82, 2.24) is 15.1 Å². The second-order valence-corrected chi connectivity index (χ2v) is 9.81. The molecule has 2 aromatic rings. The Morgan fingerprint density at radius 2 is 1.48 bits per heavy atom. The fourth-order valence-electron chi connectivity index (χ4n) is 3.51. The summed E-state index contributed by atoms with van der Waals surface area (Å²) in [6.45, 7) is 4.41. The molecule has 0 saturated carbocycles. The van der Waals surface area contributed by atoms with Gasteiger partial charge >= 0.3 is 0 Å². The molecule has 1 aliphatic rings. The van der Waals surface area contributed by atoms with Gasteiger partial charge in [-0.3, -0.25) is 14.4 Å². The van der Waals surface area contributed by atoms with Crippen molar-refractivity contribution in [2.75, 3.05) is 26.2 Å². The van der Waals surface area contributed by atoms with Gasteiger partial charge in [-0.15, -0.1) is 0 Å². The highest BCUT2D eigenvalue weighted by molar-refractivity contribution is 7.92. The molecule has 0 radical (unpaired) electrons. The van der Waals surface area contributed by atoms with Crippen molar-refractivity contribution in [2.45, 2.75) is 30.5 Å². The summed E-state index contributed by atoms with van der Waals surface area (Å²) in [5, 5.41) is 0.458. The van der Waals surface area contributed by atoms with E-state index in [9.17, 15) is 27.2 Å². The first-order valence-corrected chi connectivity index (χ1v) is 12.1. The molecule has 1 N–H and O–H groups in total. The molecule has 2 aromatic carbocycles. The van der Waals surface area contributed by atoms with E-state index in [0.29, 0.717) is 6.42 Å². The Morgan fingerprint density at radius 3 is 2.03 bits per heavy atom. The fraction of sp³-hybridized carbons (Fsp3) is 0.348. The molecule has 1 atom stereocenters. The number of rotatable bonds is 6. The van der Waals surface area contributed by atoms with Gasteiger partial charge in [-0.25, -0.2) is 12.8 Å². The average molecular weight is 476 g/mol. The summed E-state index contributed by atoms with van der Waals surface area (Å²) in [7, 11) is -4.38. The summed E-state index contributed by atoms with van der Waals surface area (Å²) in [6.07, 6.45) is 0.335. The van der Waals surface area contributed by atoms with Crippen molar-refractivity contribution in [1.29, 1.82) is 0 Å². The van der Waals surface area contributed by atoms with Crippen LogP contribution in [0.5, 0.6) is 0 Å². The van der Waals surface area contributed by atoms with Crippen molar-refractivity contribution in [2.24, 2.45) is 0 Å². The van der Waals surface area contributed by atoms with Gasteiger partial charge in [-0.1, -0.05) is 24.6 Å². The highest BCUT2D eigenvalue weighted by Gasteiger charge is 2.39. The number of nitrogens with zero attached hydrogens (tertiary/aromatic N) is 2. The Kier molecular flexibility index (Phi) is 7.47. The Balaban J connectivity index is 1.88. The van der Waals surface area contributed by atoms with Gasteiger partial charge in [-0.05, 0) is 43.3 Å². The van der Waals surface area contributed by atoms with Gasteiger partial charge in [0, 0.05) is 38.2 Å². The number of nitrogens with one attached hydrogen (secondary N) is 1. The van der Waals surface area contributed by atoms with Crippen LogP contribution in [-0.4, -0.2) is 67.5 Å². The smallest absolute Gasteiger partial charge is 0.261 e. The van der Waals surface area contributed by atoms with E-state index >= 15 is 0 Å². The van der Waals surface area contributed by atoms with E-state index in [1.807, 2.05) is 6.92 Å². The predicted molar refractivity (Wildman–Crippen MR) is 119 cm³/mol. The second kappa shape index (κ2) is 10.1. The predicted octanol–water partition coefficient (Wildman–Crippen LogP) is 1.74. The van der Waals surface area contributed by atoms with E-state index in [0.717, 1.165) is 29.8 Å². The van der Waals surface area contributed by atoms with Crippen LogP contribution in [0, 0.1) is 12.7 Å². The van der Waals surface area contributed by atoms with Crippen LogP contribution in [0.1, 0.15) is 29.3 Å². The number of benzene rings is 2. The molecule has 1 unspecified atom stereocenters. The summed E-state index contributed by atoms with van der Waals surface area (Å²) >= 11 is 0. The summed E-state index contributed by atoms with van der Waals surface area (Å²) < 4.78 is 40.0. The maximum absolute atomic E-state index is 13.3. The molecular formula is C23H26FN3O5S. The number of carbonyl (C=O) groups excluding carboxylic acids is 3. The zero-order valence-corrected chi connectivity index (χ0v) is 19.3. The number of hydrogen-bond donors (Lipinski definition) is 1. The third-order valence-electron chi connectivity index (χ3n) is 5.50. The van der Waals surface area contributed by atoms with E-state index in [1.54, 1.807) is 24.0 Å². The topological polar surface area (TPSA) is 104 Å². The van der Waals surface area contributed by atoms with Gasteiger partial charge in [0.2, 0.25) is 21.1 Å². The van der Waals surface area contributed by atoms with Crippen LogP contribution in [0.15, 0.2) is 53.4 Å². The molecule has 1 saturated heterocycles. The van der Waals surface area contributed by atoms with Gasteiger partial charge < -0.3 is 15.1 Å². The van der Waals surface area contributed by atoms with Gasteiger partial charge in [0.15, 0.2) is 0 Å². The van der Waals surface area contributed by atoms with Gasteiger partial charge in [-0.2, -0.15) is 0 Å². The minimum Gasteiger partial charge on any atom is -0.339 e. The molecule has 0 aliphatic carbocycles. The molecule has 1 aliphatic heterocycles. The van der Waals surface area contributed by atoms with Crippen LogP contribution in [0.2, 0.25) is 0 Å². The Morgan fingerprint density at radius 1 is 0.939 bits per heavy atom. The Bertz CT molecular complexity index is 1130. The van der Waals surface area contributed by atoms with E-state index in [1.165, 1.54) is 17.0 Å². The molecule has 8 nitrogen and oxygen atoms in total. The van der Waals surface area contributed by atoms with Crippen LogP contribution in [-0.2, 0) is 19.4 Å². The van der Waals surface area contributed by atoms with E-state index in [4.69, 9.17) is 0 Å². The molecular weight excluding hydrogens is 449 g/mol. The lowest BCUT2D eigenvalue weighted by Gasteiger charge is -2.36. The lowest BCUT2D eigenvalue weighted by Crippen LogP contribution is -2.57. The largest absolute Gasteiger partial charge is 0.339 e. The zero-order valence-electron chi connectivity index (χ0n) is 18.5. The minimum atomic E-state index is -4.38. The van der Waals surface area contributed by atoms with Crippen LogP contribution in [0.3, 0.4) is 0 Å². The van der Waals surface area contributed by atoms with E-state index in [2.05, 4.69) is 5.32 Å². The Labute approximate surface area is 192 Å². The molecule has 1 fully saturated rings. The van der Waals surface area contributed by atoms with Crippen molar-refractivity contribution in [3.05, 3.63) is 65.5 Å². The number of hydrogen-bond acceptors (Lipinski definition) is 5. The first kappa shape index (κ1) is 24.4. The van der Waals surface area contributed by atoms with Gasteiger partial charge in [0.1, 0.15) is 5.82 Å². The fourth-order valence-corrected chi connectivity index (χ4v) is 4.97. The highest BCUT2D eigenvalue weighted by Crippen LogP contribution is 2.19. The second-order valence-electron chi connectivity index (χ2n) is 7.78. The van der Waals surface area contributed by atoms with E-state index < -0.39 is 32.8 Å². The van der Waals surface area contributed by atoms with Crippen LogP contribution in [0.4, 0.5) is 4.39 Å². The summed E-state index contributed by atoms with van der Waals surface area (Å²) in [5.41, 5.74) is 1.11. The molecule has 3 rings (SSSR count). The number of amides is 3. The number of halogens is 1. The summed E-state index contributed by atoms with van der Waals surface area (Å²) in [4.78, 5) is 40.7. The van der Waals surface area contributed by atoms with Crippen LogP contribution >= 0.6 is 0 Å². The molecule has 0 spiro atoms. The van der Waals surface area contributed by atoms with Gasteiger partial charge in [0.05, 0.1) is 4.90 Å². The molecule has 0 aromatic heterocycles. The minimum absolute atomic E-state index is 0.0507. The standard InChI is InChI=1S/C23H26FN3O5S/c1-3-20(28)26-12-14-27(15-13-26)23(30)22(25-21(29)17-6-4-16(2)5-7-17)33(31,32)19-10-8-18(24)9-11-19/h4-11,22H,3,12-15H2,1-2H3,(H,25,29). The van der Waals surface area contributed by atoms with Crippen LogP contribution < -0.4 is 5.32 Å². The van der Waals surface area contributed by atoms with Crippen molar-refractivity contribution >= 4 is 27.6 Å².